The summed E-state index contributed by atoms with van der Waals surface area (Å²) < 4.78 is 39.2. The summed E-state index contributed by atoms with van der Waals surface area (Å²) in [4.78, 5) is 20.2. The molecule has 0 radical (unpaired) electrons. The maximum atomic E-state index is 13.4. The summed E-state index contributed by atoms with van der Waals surface area (Å²) in [7, 11) is -0.251. The summed E-state index contributed by atoms with van der Waals surface area (Å²) in [5, 5.41) is 0. The predicted molar refractivity (Wildman–Crippen MR) is 150 cm³/mol. The van der Waals surface area contributed by atoms with Gasteiger partial charge in [0, 0.05) is 58.4 Å². The minimum Gasteiger partial charge on any atom is -0.497 e. The van der Waals surface area contributed by atoms with E-state index in [1.165, 1.54) is 10.7 Å². The van der Waals surface area contributed by atoms with Gasteiger partial charge in [-0.15, -0.1) is 0 Å². The van der Waals surface area contributed by atoms with Crippen molar-refractivity contribution in [3.05, 3.63) is 23.3 Å². The number of amides is 1. The highest BCUT2D eigenvalue weighted by Gasteiger charge is 2.32. The minimum atomic E-state index is -3.70. The van der Waals surface area contributed by atoms with Crippen LogP contribution in [-0.2, 0) is 19.6 Å². The van der Waals surface area contributed by atoms with E-state index in [1.807, 2.05) is 18.9 Å². The Morgan fingerprint density at radius 2 is 1.74 bits per heavy atom. The van der Waals surface area contributed by atoms with E-state index in [-0.39, 0.29) is 31.7 Å². The molecule has 1 heterocycles. The van der Waals surface area contributed by atoms with Crippen molar-refractivity contribution < 1.29 is 22.7 Å². The first-order valence-electron chi connectivity index (χ1n) is 14.1. The Balaban J connectivity index is 1.49. The standard InChI is InChI=1S/C28H48N4O5S/c1-7-30-12-14-31(15-13-30)25-11-9-10-24(20-25)29(5)27(33)21-37-17-16-32(8-2)38(34,35)28-22(3)18-26(36-6)19-23(28)4/h18-19,24-25H,7-17,20-21H2,1-6H3/t24-,25+/m1/s1. The van der Waals surface area contributed by atoms with Crippen molar-refractivity contribution >= 4 is 15.9 Å². The van der Waals surface area contributed by atoms with Gasteiger partial charge in [0.05, 0.1) is 18.6 Å². The van der Waals surface area contributed by atoms with Crippen LogP contribution in [0.2, 0.25) is 0 Å². The van der Waals surface area contributed by atoms with Crippen LogP contribution in [0.25, 0.3) is 0 Å². The lowest BCUT2D eigenvalue weighted by Crippen LogP contribution is -2.53. The number of sulfonamides is 1. The molecule has 2 aliphatic rings. The van der Waals surface area contributed by atoms with Crippen LogP contribution in [0.4, 0.5) is 0 Å². The molecule has 2 fully saturated rings. The third-order valence-electron chi connectivity index (χ3n) is 8.26. The van der Waals surface area contributed by atoms with Crippen molar-refractivity contribution in [3.8, 4) is 5.75 Å². The van der Waals surface area contributed by atoms with Gasteiger partial charge in [-0.2, -0.15) is 4.31 Å². The second kappa shape index (κ2) is 14.1. The van der Waals surface area contributed by atoms with Crippen molar-refractivity contribution in [1.29, 1.82) is 0 Å². The van der Waals surface area contributed by atoms with Crippen LogP contribution in [0, 0.1) is 13.8 Å². The molecular weight excluding hydrogens is 504 g/mol. The van der Waals surface area contributed by atoms with Gasteiger partial charge in [0.1, 0.15) is 12.4 Å². The topological polar surface area (TPSA) is 82.6 Å². The summed E-state index contributed by atoms with van der Waals surface area (Å²) in [6.07, 6.45) is 4.37. The number of piperazine rings is 1. The van der Waals surface area contributed by atoms with Gasteiger partial charge in [-0.3, -0.25) is 9.69 Å². The monoisotopic (exact) mass is 552 g/mol. The van der Waals surface area contributed by atoms with Crippen LogP contribution in [0.1, 0.15) is 50.7 Å². The molecule has 9 nitrogen and oxygen atoms in total. The van der Waals surface area contributed by atoms with E-state index in [2.05, 4.69) is 16.7 Å². The first kappa shape index (κ1) is 30.8. The zero-order valence-corrected chi connectivity index (χ0v) is 25.1. The molecular formula is C28H48N4O5S. The van der Waals surface area contributed by atoms with Gasteiger partial charge in [-0.1, -0.05) is 13.8 Å². The van der Waals surface area contributed by atoms with Crippen LogP contribution in [0.15, 0.2) is 17.0 Å². The number of likely N-dealkylation sites (N-methyl/N-ethyl adjacent to an activating group) is 3. The van der Waals surface area contributed by atoms with Crippen LogP contribution in [0.3, 0.4) is 0 Å². The lowest BCUT2D eigenvalue weighted by Gasteiger charge is -2.43. The highest BCUT2D eigenvalue weighted by molar-refractivity contribution is 7.89. The summed E-state index contributed by atoms with van der Waals surface area (Å²) >= 11 is 0. The van der Waals surface area contributed by atoms with E-state index in [0.29, 0.717) is 34.4 Å². The number of benzene rings is 1. The number of hydrogen-bond acceptors (Lipinski definition) is 7. The largest absolute Gasteiger partial charge is 0.497 e. The zero-order valence-electron chi connectivity index (χ0n) is 24.2. The summed E-state index contributed by atoms with van der Waals surface area (Å²) in [6, 6.07) is 4.24. The molecule has 10 heteroatoms. The summed E-state index contributed by atoms with van der Waals surface area (Å²) in [5.74, 6) is 0.593. The molecule has 1 aliphatic heterocycles. The second-order valence-electron chi connectivity index (χ2n) is 10.6. The number of hydrogen-bond donors (Lipinski definition) is 0. The molecule has 0 N–H and O–H groups in total. The maximum Gasteiger partial charge on any atom is 0.248 e. The highest BCUT2D eigenvalue weighted by atomic mass is 32.2. The third kappa shape index (κ3) is 7.47. The number of ether oxygens (including phenoxy) is 2. The van der Waals surface area contributed by atoms with Gasteiger partial charge in [0.2, 0.25) is 15.9 Å². The molecule has 0 spiro atoms. The van der Waals surface area contributed by atoms with Crippen LogP contribution >= 0.6 is 0 Å². The van der Waals surface area contributed by atoms with E-state index in [9.17, 15) is 13.2 Å². The molecule has 0 unspecified atom stereocenters. The lowest BCUT2D eigenvalue weighted by molar-refractivity contribution is -0.138. The Kier molecular flexibility index (Phi) is 11.4. The van der Waals surface area contributed by atoms with Gasteiger partial charge in [-0.25, -0.2) is 8.42 Å². The lowest BCUT2D eigenvalue weighted by atomic mass is 9.88. The number of aryl methyl sites for hydroxylation is 2. The minimum absolute atomic E-state index is 0.0367. The molecule has 3 rings (SSSR count). The summed E-state index contributed by atoms with van der Waals surface area (Å²) in [5.41, 5.74) is 1.30. The first-order valence-corrected chi connectivity index (χ1v) is 15.5. The molecule has 1 aromatic carbocycles. The first-order chi connectivity index (χ1) is 18.1. The average molecular weight is 553 g/mol. The van der Waals surface area contributed by atoms with E-state index < -0.39 is 10.0 Å². The number of methoxy groups -OCH3 is 1. The molecule has 0 aromatic heterocycles. The molecule has 1 saturated carbocycles. The van der Waals surface area contributed by atoms with Crippen molar-refractivity contribution in [2.45, 2.75) is 70.4 Å². The normalized spacial score (nSPS) is 21.6. The number of rotatable bonds is 12. The molecule has 1 amide bonds. The van der Waals surface area contributed by atoms with Gasteiger partial charge in [0.15, 0.2) is 0 Å². The number of carbonyl (C=O) groups is 1. The van der Waals surface area contributed by atoms with E-state index in [1.54, 1.807) is 33.1 Å². The molecule has 1 saturated heterocycles. The van der Waals surface area contributed by atoms with Crippen molar-refractivity contribution in [1.82, 2.24) is 19.0 Å². The SMILES string of the molecule is CCN1CCN([C@H]2CCC[C@@H](N(C)C(=O)COCCN(CC)S(=O)(=O)c3c(C)cc(OC)cc3C)C2)CC1. The van der Waals surface area contributed by atoms with E-state index in [4.69, 9.17) is 9.47 Å². The maximum absolute atomic E-state index is 13.4. The second-order valence-corrected chi connectivity index (χ2v) is 12.5. The Morgan fingerprint density at radius 1 is 1.08 bits per heavy atom. The van der Waals surface area contributed by atoms with Crippen molar-refractivity contribution in [2.24, 2.45) is 0 Å². The Bertz CT molecular complexity index is 1000. The van der Waals surface area contributed by atoms with E-state index in [0.717, 1.165) is 52.0 Å². The fourth-order valence-electron chi connectivity index (χ4n) is 5.91. The van der Waals surface area contributed by atoms with E-state index >= 15 is 0 Å². The van der Waals surface area contributed by atoms with Crippen molar-refractivity contribution in [2.75, 3.05) is 73.2 Å². The molecule has 1 aliphatic carbocycles. The predicted octanol–water partition coefficient (Wildman–Crippen LogP) is 2.75. The quantitative estimate of drug-likeness (QED) is 0.369. The highest BCUT2D eigenvalue weighted by Crippen LogP contribution is 2.29. The summed E-state index contributed by atoms with van der Waals surface area (Å²) in [6.45, 7) is 13.8. The Hall–Kier alpha value is -1.72. The van der Waals surface area contributed by atoms with Gasteiger partial charge < -0.3 is 19.3 Å². The zero-order chi connectivity index (χ0) is 27.9. The molecule has 38 heavy (non-hydrogen) atoms. The average Bonchev–Trinajstić information content (AvgIpc) is 2.91. The van der Waals surface area contributed by atoms with Crippen LogP contribution in [0.5, 0.6) is 5.75 Å². The Labute approximate surface area is 230 Å². The fraction of sp³-hybridized carbons (Fsp3) is 0.750. The Morgan fingerprint density at radius 3 is 2.32 bits per heavy atom. The van der Waals surface area contributed by atoms with Gasteiger partial charge in [-0.05, 0) is 69.3 Å². The molecule has 1 aromatic rings. The number of carbonyl (C=O) groups excluding carboxylic acids is 1. The molecule has 216 valence electrons. The fourth-order valence-corrected chi connectivity index (χ4v) is 7.76. The van der Waals surface area contributed by atoms with Crippen molar-refractivity contribution in [3.63, 3.8) is 0 Å². The molecule has 0 bridgehead atoms. The molecule has 2 atom stereocenters. The third-order valence-corrected chi connectivity index (χ3v) is 10.5. The van der Waals surface area contributed by atoms with Crippen LogP contribution < -0.4 is 4.74 Å². The smallest absolute Gasteiger partial charge is 0.248 e. The van der Waals surface area contributed by atoms with Gasteiger partial charge in [0.25, 0.3) is 0 Å². The van der Waals surface area contributed by atoms with Gasteiger partial charge >= 0.3 is 0 Å². The number of nitrogens with zero attached hydrogens (tertiary/aromatic N) is 4. The van der Waals surface area contributed by atoms with Crippen LogP contribution in [-0.4, -0.2) is 119 Å².